The molecule has 0 atom stereocenters. The Morgan fingerprint density at radius 2 is 2.55 bits per heavy atom. The molecule has 5 nitrogen and oxygen atoms in total. The highest BCUT2D eigenvalue weighted by Gasteiger charge is 1.97. The highest BCUT2D eigenvalue weighted by molar-refractivity contribution is 5.07. The second-order valence-corrected chi connectivity index (χ2v) is 1.89. The maximum atomic E-state index is 10.7. The van der Waals surface area contributed by atoms with Crippen molar-refractivity contribution in [2.45, 2.75) is 6.61 Å². The van der Waals surface area contributed by atoms with Crippen LogP contribution in [0.4, 0.5) is 0 Å². The van der Waals surface area contributed by atoms with Crippen molar-refractivity contribution < 1.29 is 9.84 Å². The largest absolute Gasteiger partial charge is 0.481 e. The summed E-state index contributed by atoms with van der Waals surface area (Å²) in [5.74, 6) is 0.409. The molecule has 5 heteroatoms. The van der Waals surface area contributed by atoms with Gasteiger partial charge in [-0.3, -0.25) is 4.79 Å². The quantitative estimate of drug-likeness (QED) is 0.592. The van der Waals surface area contributed by atoms with Gasteiger partial charge in [0, 0.05) is 0 Å². The van der Waals surface area contributed by atoms with Crippen molar-refractivity contribution in [3.05, 3.63) is 22.2 Å². The van der Waals surface area contributed by atoms with Crippen LogP contribution in [-0.2, 0) is 6.61 Å². The monoisotopic (exact) mass is 156 g/mol. The maximum absolute atomic E-state index is 10.7. The lowest BCUT2D eigenvalue weighted by Crippen LogP contribution is -2.10. The smallest absolute Gasteiger partial charge is 0.254 e. The predicted octanol–water partition coefficient (Wildman–Crippen LogP) is -0.729. The molecule has 0 aliphatic rings. The third-order valence-electron chi connectivity index (χ3n) is 1.13. The number of nitrogens with zero attached hydrogens (tertiary/aromatic N) is 1. The highest BCUT2D eigenvalue weighted by atomic mass is 16.5. The van der Waals surface area contributed by atoms with E-state index in [1.54, 1.807) is 0 Å². The van der Waals surface area contributed by atoms with Gasteiger partial charge in [0.1, 0.15) is 12.4 Å². The molecule has 2 N–H and O–H groups in total. The van der Waals surface area contributed by atoms with Gasteiger partial charge in [-0.1, -0.05) is 0 Å². The summed E-state index contributed by atoms with van der Waals surface area (Å²) in [6, 6.07) is 1.21. The van der Waals surface area contributed by atoms with Crippen LogP contribution < -0.4 is 10.3 Å². The first-order valence-electron chi connectivity index (χ1n) is 3.01. The van der Waals surface area contributed by atoms with Gasteiger partial charge in [-0.2, -0.15) is 4.98 Å². The van der Waals surface area contributed by atoms with E-state index in [0.717, 1.165) is 0 Å². The number of methoxy groups -OCH3 is 1. The standard InChI is InChI=1S/C6H8N2O3/c1-11-6-2-5(10)7-4(3-9)8-6/h2,9H,3H2,1H3,(H,7,8,10). The molecular formula is C6H8N2O3. The first-order valence-corrected chi connectivity index (χ1v) is 3.01. The number of nitrogens with one attached hydrogen (secondary N) is 1. The van der Waals surface area contributed by atoms with E-state index in [9.17, 15) is 4.79 Å². The topological polar surface area (TPSA) is 75.2 Å². The van der Waals surface area contributed by atoms with E-state index in [0.29, 0.717) is 0 Å². The normalized spacial score (nSPS) is 9.64. The van der Waals surface area contributed by atoms with E-state index >= 15 is 0 Å². The van der Waals surface area contributed by atoms with Crippen LogP contribution in [0.15, 0.2) is 10.9 Å². The molecule has 0 aromatic carbocycles. The molecular weight excluding hydrogens is 148 g/mol. The third kappa shape index (κ3) is 1.78. The maximum Gasteiger partial charge on any atom is 0.254 e. The highest BCUT2D eigenvalue weighted by Crippen LogP contribution is 1.99. The molecule has 0 bridgehead atoms. The van der Waals surface area contributed by atoms with Crippen LogP contribution >= 0.6 is 0 Å². The molecule has 0 saturated carbocycles. The average molecular weight is 156 g/mol. The average Bonchev–Trinajstić information content (AvgIpc) is 2.03. The van der Waals surface area contributed by atoms with Crippen molar-refractivity contribution in [1.29, 1.82) is 0 Å². The zero-order valence-corrected chi connectivity index (χ0v) is 6.00. The summed E-state index contributed by atoms with van der Waals surface area (Å²) in [5.41, 5.74) is -0.332. The number of hydrogen-bond acceptors (Lipinski definition) is 4. The van der Waals surface area contributed by atoms with Crippen molar-refractivity contribution in [1.82, 2.24) is 9.97 Å². The van der Waals surface area contributed by atoms with Gasteiger partial charge < -0.3 is 14.8 Å². The van der Waals surface area contributed by atoms with E-state index in [1.807, 2.05) is 0 Å². The Hall–Kier alpha value is -1.36. The minimum Gasteiger partial charge on any atom is -0.481 e. The Bertz CT molecular complexity index is 269. The second kappa shape index (κ2) is 3.16. The molecule has 0 saturated heterocycles. The minimum atomic E-state index is -0.332. The molecule has 1 aromatic rings. The van der Waals surface area contributed by atoms with Crippen LogP contribution in [0.25, 0.3) is 0 Å². The molecule has 1 rings (SSSR count). The van der Waals surface area contributed by atoms with Gasteiger partial charge in [-0.25, -0.2) is 0 Å². The number of aliphatic hydroxyl groups excluding tert-OH is 1. The first kappa shape index (κ1) is 7.74. The number of rotatable bonds is 2. The number of hydrogen-bond donors (Lipinski definition) is 2. The predicted molar refractivity (Wildman–Crippen MR) is 37.3 cm³/mol. The third-order valence-corrected chi connectivity index (χ3v) is 1.13. The molecule has 1 aromatic heterocycles. The molecule has 0 aliphatic heterocycles. The number of H-pyrrole nitrogens is 1. The van der Waals surface area contributed by atoms with Gasteiger partial charge >= 0.3 is 0 Å². The van der Waals surface area contributed by atoms with Crippen molar-refractivity contribution in [2.75, 3.05) is 7.11 Å². The molecule has 60 valence electrons. The Kier molecular flexibility index (Phi) is 2.22. The Morgan fingerprint density at radius 1 is 1.82 bits per heavy atom. The fourth-order valence-corrected chi connectivity index (χ4v) is 0.663. The van der Waals surface area contributed by atoms with E-state index < -0.39 is 0 Å². The van der Waals surface area contributed by atoms with Crippen LogP contribution in [0.1, 0.15) is 5.82 Å². The molecule has 0 aliphatic carbocycles. The summed E-state index contributed by atoms with van der Waals surface area (Å²) in [6.07, 6.45) is 0. The summed E-state index contributed by atoms with van der Waals surface area (Å²) < 4.78 is 4.70. The van der Waals surface area contributed by atoms with Crippen LogP contribution in [-0.4, -0.2) is 22.2 Å². The molecule has 0 fully saturated rings. The minimum absolute atomic E-state index is 0.203. The van der Waals surface area contributed by atoms with Gasteiger partial charge in [0.25, 0.3) is 5.56 Å². The summed E-state index contributed by atoms with van der Waals surface area (Å²) in [4.78, 5) is 16.8. The number of ether oxygens (including phenoxy) is 1. The van der Waals surface area contributed by atoms with E-state index in [1.165, 1.54) is 13.2 Å². The summed E-state index contributed by atoms with van der Waals surface area (Å²) >= 11 is 0. The van der Waals surface area contributed by atoms with Crippen molar-refractivity contribution in [3.63, 3.8) is 0 Å². The Morgan fingerprint density at radius 3 is 3.09 bits per heavy atom. The van der Waals surface area contributed by atoms with Crippen molar-refractivity contribution in [3.8, 4) is 5.88 Å². The fraction of sp³-hybridized carbons (Fsp3) is 0.333. The zero-order valence-electron chi connectivity index (χ0n) is 6.00. The van der Waals surface area contributed by atoms with Crippen molar-refractivity contribution >= 4 is 0 Å². The Labute approximate surface area is 62.7 Å². The number of aromatic amines is 1. The molecule has 0 spiro atoms. The van der Waals surface area contributed by atoms with Gasteiger partial charge in [-0.15, -0.1) is 0 Å². The lowest BCUT2D eigenvalue weighted by molar-refractivity contribution is 0.268. The van der Waals surface area contributed by atoms with Gasteiger partial charge in [0.15, 0.2) is 0 Å². The van der Waals surface area contributed by atoms with Crippen LogP contribution in [0.5, 0.6) is 5.88 Å². The second-order valence-electron chi connectivity index (χ2n) is 1.89. The molecule has 0 unspecified atom stereocenters. The summed E-state index contributed by atoms with van der Waals surface area (Å²) in [6.45, 7) is -0.299. The van der Waals surface area contributed by atoms with E-state index in [4.69, 9.17) is 9.84 Å². The van der Waals surface area contributed by atoms with Crippen LogP contribution in [0.3, 0.4) is 0 Å². The lowest BCUT2D eigenvalue weighted by atomic mass is 10.5. The molecule has 11 heavy (non-hydrogen) atoms. The lowest BCUT2D eigenvalue weighted by Gasteiger charge is -1.98. The summed E-state index contributed by atoms with van der Waals surface area (Å²) in [5, 5.41) is 8.59. The SMILES string of the molecule is COc1cc(=O)[nH]c(CO)n1. The zero-order chi connectivity index (χ0) is 8.27. The van der Waals surface area contributed by atoms with E-state index in [-0.39, 0.29) is 23.9 Å². The van der Waals surface area contributed by atoms with Crippen molar-refractivity contribution in [2.24, 2.45) is 0 Å². The molecule has 0 radical (unpaired) electrons. The molecule has 1 heterocycles. The molecule has 0 amide bonds. The van der Waals surface area contributed by atoms with Gasteiger partial charge in [-0.05, 0) is 0 Å². The van der Waals surface area contributed by atoms with Gasteiger partial charge in [0.05, 0.1) is 13.2 Å². The summed E-state index contributed by atoms with van der Waals surface area (Å²) in [7, 11) is 1.41. The van der Waals surface area contributed by atoms with Gasteiger partial charge in [0.2, 0.25) is 5.88 Å². The number of aromatic nitrogens is 2. The first-order chi connectivity index (χ1) is 5.26. The van der Waals surface area contributed by atoms with Crippen LogP contribution in [0, 0.1) is 0 Å². The van der Waals surface area contributed by atoms with E-state index in [2.05, 4.69) is 9.97 Å². The Balaban J connectivity index is 3.12. The fourth-order valence-electron chi connectivity index (χ4n) is 0.663. The van der Waals surface area contributed by atoms with Crippen LogP contribution in [0.2, 0.25) is 0 Å². The number of aliphatic hydroxyl groups is 1.